The highest BCUT2D eigenvalue weighted by atomic mass is 31.1. The summed E-state index contributed by atoms with van der Waals surface area (Å²) in [6.07, 6.45) is 3.74. The fourth-order valence-corrected chi connectivity index (χ4v) is 5.43. The Morgan fingerprint density at radius 3 is 1.58 bits per heavy atom. The SMILES string of the molecule is CN(C)P(c1cccc2cccnc12)c1cccc2cccnc12. The van der Waals surface area contributed by atoms with Crippen LogP contribution < -0.4 is 10.6 Å². The third-order valence-corrected chi connectivity index (χ3v) is 6.51. The third kappa shape index (κ3) is 2.56. The van der Waals surface area contributed by atoms with Gasteiger partial charge in [-0.1, -0.05) is 48.5 Å². The van der Waals surface area contributed by atoms with Crippen molar-refractivity contribution in [1.82, 2.24) is 14.6 Å². The first kappa shape index (κ1) is 15.2. The summed E-state index contributed by atoms with van der Waals surface area (Å²) >= 11 is 0. The highest BCUT2D eigenvalue weighted by Crippen LogP contribution is 2.39. The molecule has 24 heavy (non-hydrogen) atoms. The number of nitrogens with zero attached hydrogens (tertiary/aromatic N) is 3. The fourth-order valence-electron chi connectivity index (χ4n) is 3.08. The molecule has 0 atom stereocenters. The van der Waals surface area contributed by atoms with Gasteiger partial charge in [0.2, 0.25) is 0 Å². The van der Waals surface area contributed by atoms with E-state index in [-0.39, 0.29) is 0 Å². The molecule has 0 spiro atoms. The first-order chi connectivity index (χ1) is 11.8. The summed E-state index contributed by atoms with van der Waals surface area (Å²) in [6, 6.07) is 21.1. The van der Waals surface area contributed by atoms with Gasteiger partial charge in [0.1, 0.15) is 0 Å². The molecule has 0 bridgehead atoms. The maximum Gasteiger partial charge on any atom is 0.0794 e. The summed E-state index contributed by atoms with van der Waals surface area (Å²) in [7, 11) is 3.57. The van der Waals surface area contributed by atoms with Crippen LogP contribution in [0.4, 0.5) is 0 Å². The Kier molecular flexibility index (Phi) is 3.97. The molecule has 0 aliphatic rings. The maximum atomic E-state index is 4.66. The zero-order valence-electron chi connectivity index (χ0n) is 13.7. The molecule has 4 heteroatoms. The molecule has 2 heterocycles. The minimum atomic E-state index is -0.701. The molecule has 118 valence electrons. The second kappa shape index (κ2) is 6.27. The minimum absolute atomic E-state index is 0.701. The number of fused-ring (bicyclic) bond motifs is 2. The number of rotatable bonds is 3. The molecular weight excluding hydrogens is 313 g/mol. The lowest BCUT2D eigenvalue weighted by molar-refractivity contribution is 0.690. The highest BCUT2D eigenvalue weighted by molar-refractivity contribution is 7.71. The normalized spacial score (nSPS) is 11.7. The Balaban J connectivity index is 2.01. The molecule has 0 aliphatic heterocycles. The van der Waals surface area contributed by atoms with Crippen molar-refractivity contribution in [3.05, 3.63) is 73.1 Å². The second-order valence-electron chi connectivity index (χ2n) is 5.86. The van der Waals surface area contributed by atoms with Crippen LogP contribution >= 0.6 is 8.07 Å². The van der Waals surface area contributed by atoms with Gasteiger partial charge in [-0.05, 0) is 26.2 Å². The second-order valence-corrected chi connectivity index (χ2v) is 8.25. The van der Waals surface area contributed by atoms with Gasteiger partial charge in [-0.3, -0.25) is 14.6 Å². The monoisotopic (exact) mass is 331 g/mol. The molecule has 0 aliphatic carbocycles. The Morgan fingerprint density at radius 2 is 1.12 bits per heavy atom. The first-order valence-corrected chi connectivity index (χ1v) is 9.20. The summed E-state index contributed by atoms with van der Waals surface area (Å²) < 4.78 is 2.29. The highest BCUT2D eigenvalue weighted by Gasteiger charge is 2.22. The molecule has 3 nitrogen and oxygen atoms in total. The van der Waals surface area contributed by atoms with E-state index >= 15 is 0 Å². The fraction of sp³-hybridized carbons (Fsp3) is 0.100. The number of pyridine rings is 2. The molecule has 4 aromatic rings. The van der Waals surface area contributed by atoms with Crippen molar-refractivity contribution in [2.45, 2.75) is 0 Å². The van der Waals surface area contributed by atoms with Gasteiger partial charge in [0.25, 0.3) is 0 Å². The van der Waals surface area contributed by atoms with Crippen molar-refractivity contribution in [1.29, 1.82) is 0 Å². The standard InChI is InChI=1S/C20H18N3P/c1-23(2)24(17-11-3-7-15-9-5-13-21-19(15)17)18-12-4-8-16-10-6-14-22-20(16)18/h3-14H,1-2H3. The molecule has 0 amide bonds. The van der Waals surface area contributed by atoms with Crippen LogP contribution in [0.3, 0.4) is 0 Å². The van der Waals surface area contributed by atoms with Gasteiger partial charge in [-0.2, -0.15) is 0 Å². The summed E-state index contributed by atoms with van der Waals surface area (Å²) in [4.78, 5) is 9.32. The first-order valence-electron chi connectivity index (χ1n) is 7.90. The maximum absolute atomic E-state index is 4.66. The molecule has 2 aromatic carbocycles. The average molecular weight is 331 g/mol. The largest absolute Gasteiger partial charge is 0.281 e. The summed E-state index contributed by atoms with van der Waals surface area (Å²) in [6.45, 7) is 0. The molecule has 0 saturated heterocycles. The average Bonchev–Trinajstić information content (AvgIpc) is 2.62. The number of hydrogen-bond donors (Lipinski definition) is 0. The van der Waals surface area contributed by atoms with Crippen molar-refractivity contribution in [3.8, 4) is 0 Å². The van der Waals surface area contributed by atoms with E-state index in [1.54, 1.807) is 0 Å². The number of aromatic nitrogens is 2. The van der Waals surface area contributed by atoms with Crippen LogP contribution in [0, 0.1) is 0 Å². The van der Waals surface area contributed by atoms with Gasteiger partial charge in [-0.25, -0.2) is 0 Å². The van der Waals surface area contributed by atoms with Gasteiger partial charge in [0.05, 0.1) is 11.0 Å². The zero-order valence-corrected chi connectivity index (χ0v) is 14.6. The molecule has 0 fully saturated rings. The van der Waals surface area contributed by atoms with Crippen LogP contribution in [0.1, 0.15) is 0 Å². The van der Waals surface area contributed by atoms with Crippen molar-refractivity contribution in [2.75, 3.05) is 14.1 Å². The molecule has 0 radical (unpaired) electrons. The number of hydrogen-bond acceptors (Lipinski definition) is 3. The molecule has 0 N–H and O–H groups in total. The van der Waals surface area contributed by atoms with Crippen LogP contribution in [0.15, 0.2) is 73.1 Å². The van der Waals surface area contributed by atoms with E-state index in [4.69, 9.17) is 0 Å². The topological polar surface area (TPSA) is 29.0 Å². The Bertz CT molecular complexity index is 924. The zero-order chi connectivity index (χ0) is 16.5. The van der Waals surface area contributed by atoms with E-state index in [0.717, 1.165) is 11.0 Å². The smallest absolute Gasteiger partial charge is 0.0794 e. The third-order valence-electron chi connectivity index (χ3n) is 4.08. The van der Waals surface area contributed by atoms with Gasteiger partial charge < -0.3 is 0 Å². The lowest BCUT2D eigenvalue weighted by Gasteiger charge is -2.26. The van der Waals surface area contributed by atoms with Crippen molar-refractivity contribution in [2.24, 2.45) is 0 Å². The van der Waals surface area contributed by atoms with E-state index in [0.29, 0.717) is 0 Å². The van der Waals surface area contributed by atoms with Crippen LogP contribution in [-0.2, 0) is 0 Å². The predicted molar refractivity (Wildman–Crippen MR) is 103 cm³/mol. The van der Waals surface area contributed by atoms with Crippen LogP contribution in [0.2, 0.25) is 0 Å². The Morgan fingerprint density at radius 1 is 0.667 bits per heavy atom. The molecule has 4 rings (SSSR count). The number of para-hydroxylation sites is 2. The van der Waals surface area contributed by atoms with Gasteiger partial charge in [-0.15, -0.1) is 0 Å². The Hall–Kier alpha value is -2.35. The van der Waals surface area contributed by atoms with E-state index in [1.807, 2.05) is 24.5 Å². The summed E-state index contributed by atoms with van der Waals surface area (Å²) in [5, 5.41) is 4.90. The van der Waals surface area contributed by atoms with Crippen LogP contribution in [0.5, 0.6) is 0 Å². The molecule has 0 saturated carbocycles. The van der Waals surface area contributed by atoms with E-state index < -0.39 is 8.07 Å². The van der Waals surface area contributed by atoms with Gasteiger partial charge in [0.15, 0.2) is 0 Å². The van der Waals surface area contributed by atoms with E-state index in [2.05, 4.69) is 77.3 Å². The van der Waals surface area contributed by atoms with Crippen molar-refractivity contribution >= 4 is 40.5 Å². The minimum Gasteiger partial charge on any atom is -0.281 e. The van der Waals surface area contributed by atoms with E-state index in [1.165, 1.54) is 21.4 Å². The van der Waals surface area contributed by atoms with Crippen molar-refractivity contribution in [3.63, 3.8) is 0 Å². The summed E-state index contributed by atoms with van der Waals surface area (Å²) in [5.74, 6) is 0. The predicted octanol–water partition coefficient (Wildman–Crippen LogP) is 3.69. The van der Waals surface area contributed by atoms with Crippen LogP contribution in [-0.4, -0.2) is 28.7 Å². The van der Waals surface area contributed by atoms with Crippen LogP contribution in [0.25, 0.3) is 21.8 Å². The van der Waals surface area contributed by atoms with E-state index in [9.17, 15) is 0 Å². The quantitative estimate of drug-likeness (QED) is 0.536. The summed E-state index contributed by atoms with van der Waals surface area (Å²) in [5.41, 5.74) is 2.15. The molecule has 2 aromatic heterocycles. The van der Waals surface area contributed by atoms with Crippen molar-refractivity contribution < 1.29 is 0 Å². The Labute approximate surface area is 142 Å². The lowest BCUT2D eigenvalue weighted by Crippen LogP contribution is -2.24. The number of benzene rings is 2. The molecular formula is C20H18N3P. The molecule has 0 unspecified atom stereocenters. The van der Waals surface area contributed by atoms with Gasteiger partial charge in [0, 0.05) is 41.8 Å². The lowest BCUT2D eigenvalue weighted by atomic mass is 10.2. The van der Waals surface area contributed by atoms with Gasteiger partial charge >= 0.3 is 0 Å².